The highest BCUT2D eigenvalue weighted by Crippen LogP contribution is 2.25. The van der Waals surface area contributed by atoms with E-state index < -0.39 is 0 Å². The molecule has 0 aliphatic carbocycles. The largest absolute Gasteiger partial charge is 0.396 e. The lowest BCUT2D eigenvalue weighted by Gasteiger charge is -2.21. The second-order valence-corrected chi connectivity index (χ2v) is 5.29. The van der Waals surface area contributed by atoms with Gasteiger partial charge < -0.3 is 5.11 Å². The van der Waals surface area contributed by atoms with Crippen LogP contribution in [0, 0.1) is 11.3 Å². The van der Waals surface area contributed by atoms with E-state index in [0.717, 1.165) is 0 Å². The van der Waals surface area contributed by atoms with Crippen LogP contribution in [0.1, 0.15) is 59.8 Å². The zero-order valence-corrected chi connectivity index (χ0v) is 9.77. The highest BCUT2D eigenvalue weighted by molar-refractivity contribution is 4.66. The van der Waals surface area contributed by atoms with E-state index in [1.807, 2.05) is 0 Å². The second-order valence-electron chi connectivity index (χ2n) is 5.29. The van der Waals surface area contributed by atoms with Crippen LogP contribution in [0.4, 0.5) is 0 Å². The van der Waals surface area contributed by atoms with Gasteiger partial charge in [-0.15, -0.1) is 0 Å². The third kappa shape index (κ3) is 8.29. The van der Waals surface area contributed by atoms with E-state index in [1.165, 1.54) is 32.1 Å². The molecule has 1 atom stereocenters. The van der Waals surface area contributed by atoms with Gasteiger partial charge in [0.25, 0.3) is 0 Å². The first-order valence-electron chi connectivity index (χ1n) is 5.60. The van der Waals surface area contributed by atoms with Crippen molar-refractivity contribution in [2.24, 2.45) is 11.3 Å². The summed E-state index contributed by atoms with van der Waals surface area (Å²) < 4.78 is 0. The number of hydrogen-bond acceptors (Lipinski definition) is 1. The van der Waals surface area contributed by atoms with Crippen LogP contribution in [0.15, 0.2) is 0 Å². The number of aliphatic hydroxyl groups excluding tert-OH is 1. The Hall–Kier alpha value is -0.0400. The summed E-state index contributed by atoms with van der Waals surface area (Å²) in [6.45, 7) is 9.37. The molecule has 0 rings (SSSR count). The Morgan fingerprint density at radius 2 is 1.77 bits per heavy atom. The van der Waals surface area contributed by atoms with Crippen molar-refractivity contribution in [2.75, 3.05) is 6.61 Å². The molecule has 0 amide bonds. The molecule has 0 bridgehead atoms. The van der Waals surface area contributed by atoms with E-state index in [0.29, 0.717) is 17.9 Å². The molecule has 1 N–H and O–H groups in total. The van der Waals surface area contributed by atoms with Gasteiger partial charge in [-0.05, 0) is 30.6 Å². The minimum Gasteiger partial charge on any atom is -0.396 e. The molecule has 0 fully saturated rings. The minimum atomic E-state index is 0.371. The van der Waals surface area contributed by atoms with Crippen LogP contribution in [0.5, 0.6) is 0 Å². The fourth-order valence-electron chi connectivity index (χ4n) is 1.46. The van der Waals surface area contributed by atoms with Crippen LogP contribution in [-0.2, 0) is 0 Å². The smallest absolute Gasteiger partial charge is 0.0459 e. The maximum absolute atomic E-state index is 9.15. The average molecular weight is 186 g/mol. The normalized spacial score (nSPS) is 14.5. The van der Waals surface area contributed by atoms with Gasteiger partial charge in [0, 0.05) is 6.61 Å². The Morgan fingerprint density at radius 1 is 1.15 bits per heavy atom. The van der Waals surface area contributed by atoms with Crippen LogP contribution in [0.25, 0.3) is 0 Å². The number of unbranched alkanes of at least 4 members (excludes halogenated alkanes) is 1. The molecule has 0 saturated heterocycles. The van der Waals surface area contributed by atoms with Gasteiger partial charge in [-0.1, -0.05) is 40.5 Å². The minimum absolute atomic E-state index is 0.371. The first kappa shape index (κ1) is 13.0. The molecule has 0 heterocycles. The molecule has 13 heavy (non-hydrogen) atoms. The topological polar surface area (TPSA) is 20.2 Å². The van der Waals surface area contributed by atoms with E-state index in [4.69, 9.17) is 5.11 Å². The molecule has 0 aliphatic heterocycles. The number of hydrogen-bond donors (Lipinski definition) is 1. The summed E-state index contributed by atoms with van der Waals surface area (Å²) in [4.78, 5) is 0. The molecule has 0 unspecified atom stereocenters. The zero-order chi connectivity index (χ0) is 10.3. The first-order chi connectivity index (χ1) is 5.99. The Bertz CT molecular complexity index is 113. The molecule has 80 valence electrons. The van der Waals surface area contributed by atoms with Crippen LogP contribution < -0.4 is 0 Å². The van der Waals surface area contributed by atoms with Crippen molar-refractivity contribution in [3.63, 3.8) is 0 Å². The molecule has 0 spiro atoms. The maximum Gasteiger partial charge on any atom is 0.0459 e. The lowest BCUT2D eigenvalue weighted by atomic mass is 9.85. The Kier molecular flexibility index (Phi) is 6.40. The molecule has 0 saturated carbocycles. The lowest BCUT2D eigenvalue weighted by molar-refractivity contribution is 0.191. The molecule has 0 radical (unpaired) electrons. The maximum atomic E-state index is 9.15. The summed E-state index contributed by atoms with van der Waals surface area (Å²) in [5.41, 5.74) is 0.416. The molecule has 0 aromatic rings. The van der Waals surface area contributed by atoms with Crippen molar-refractivity contribution in [1.82, 2.24) is 0 Å². The molecular formula is C12H26O. The van der Waals surface area contributed by atoms with Crippen LogP contribution in [-0.4, -0.2) is 11.7 Å². The van der Waals surface area contributed by atoms with Crippen LogP contribution in [0.2, 0.25) is 0 Å². The summed E-state index contributed by atoms with van der Waals surface area (Å²) in [5.74, 6) is 0.541. The summed E-state index contributed by atoms with van der Waals surface area (Å²) in [7, 11) is 0. The Labute approximate surface area is 83.5 Å². The Balaban J connectivity index is 3.59. The van der Waals surface area contributed by atoms with Crippen molar-refractivity contribution in [3.05, 3.63) is 0 Å². The SMILES string of the molecule is CCCC[C@@H](CO)CCC(C)(C)C. The summed E-state index contributed by atoms with van der Waals surface area (Å²) in [6, 6.07) is 0. The van der Waals surface area contributed by atoms with E-state index >= 15 is 0 Å². The summed E-state index contributed by atoms with van der Waals surface area (Å²) >= 11 is 0. The number of aliphatic hydroxyl groups is 1. The van der Waals surface area contributed by atoms with Gasteiger partial charge in [0.1, 0.15) is 0 Å². The average Bonchev–Trinajstić information content (AvgIpc) is 2.03. The second kappa shape index (κ2) is 6.42. The van der Waals surface area contributed by atoms with Crippen molar-refractivity contribution >= 4 is 0 Å². The van der Waals surface area contributed by atoms with Crippen molar-refractivity contribution in [3.8, 4) is 0 Å². The third-order valence-electron chi connectivity index (χ3n) is 2.53. The van der Waals surface area contributed by atoms with Gasteiger partial charge in [-0.2, -0.15) is 0 Å². The monoisotopic (exact) mass is 186 g/mol. The van der Waals surface area contributed by atoms with Gasteiger partial charge in [-0.25, -0.2) is 0 Å². The van der Waals surface area contributed by atoms with E-state index in [1.54, 1.807) is 0 Å². The molecule has 0 aliphatic rings. The molecular weight excluding hydrogens is 160 g/mol. The standard InChI is InChI=1S/C12H26O/c1-5-6-7-11(10-13)8-9-12(2,3)4/h11,13H,5-10H2,1-4H3/t11-/m1/s1. The molecule has 0 aromatic heterocycles. The fourth-order valence-corrected chi connectivity index (χ4v) is 1.46. The van der Waals surface area contributed by atoms with Crippen LogP contribution in [0.3, 0.4) is 0 Å². The Morgan fingerprint density at radius 3 is 2.15 bits per heavy atom. The van der Waals surface area contributed by atoms with E-state index in [-0.39, 0.29) is 0 Å². The molecule has 0 aromatic carbocycles. The highest BCUT2D eigenvalue weighted by Gasteiger charge is 2.14. The van der Waals surface area contributed by atoms with Gasteiger partial charge in [0.15, 0.2) is 0 Å². The van der Waals surface area contributed by atoms with Crippen molar-refractivity contribution in [1.29, 1.82) is 0 Å². The fraction of sp³-hybridized carbons (Fsp3) is 1.00. The molecule has 1 heteroatoms. The van der Waals surface area contributed by atoms with Crippen molar-refractivity contribution in [2.45, 2.75) is 59.8 Å². The quantitative estimate of drug-likeness (QED) is 0.672. The van der Waals surface area contributed by atoms with E-state index in [2.05, 4.69) is 27.7 Å². The lowest BCUT2D eigenvalue weighted by Crippen LogP contribution is -2.12. The van der Waals surface area contributed by atoms with Gasteiger partial charge in [0.2, 0.25) is 0 Å². The van der Waals surface area contributed by atoms with Gasteiger partial charge in [-0.3, -0.25) is 0 Å². The van der Waals surface area contributed by atoms with Crippen LogP contribution >= 0.6 is 0 Å². The predicted molar refractivity (Wildman–Crippen MR) is 58.8 cm³/mol. The highest BCUT2D eigenvalue weighted by atomic mass is 16.3. The number of rotatable bonds is 6. The third-order valence-corrected chi connectivity index (χ3v) is 2.53. The van der Waals surface area contributed by atoms with Crippen molar-refractivity contribution < 1.29 is 5.11 Å². The predicted octanol–water partition coefficient (Wildman–Crippen LogP) is 3.61. The zero-order valence-electron chi connectivity index (χ0n) is 9.77. The van der Waals surface area contributed by atoms with E-state index in [9.17, 15) is 0 Å². The first-order valence-corrected chi connectivity index (χ1v) is 5.60. The summed E-state index contributed by atoms with van der Waals surface area (Å²) in [6.07, 6.45) is 6.10. The molecule has 1 nitrogen and oxygen atoms in total. The van der Waals surface area contributed by atoms with Gasteiger partial charge >= 0.3 is 0 Å². The summed E-state index contributed by atoms with van der Waals surface area (Å²) in [5, 5.41) is 9.15. The van der Waals surface area contributed by atoms with Gasteiger partial charge in [0.05, 0.1) is 0 Å².